The SMILES string of the molecule is CCCc1ncc(C(=O)N2CCC23CC(F)(F)C3)cn1. The molecule has 1 aromatic heterocycles. The average molecular weight is 281 g/mol. The van der Waals surface area contributed by atoms with E-state index in [4.69, 9.17) is 0 Å². The summed E-state index contributed by atoms with van der Waals surface area (Å²) in [6.45, 7) is 2.58. The fourth-order valence-electron chi connectivity index (χ4n) is 3.11. The standard InChI is InChI=1S/C14H17F2N3O/c1-2-3-11-17-6-10(7-18-11)12(20)19-5-4-13(19)8-14(15,16)9-13/h6-7H,2-5,8-9H2,1H3. The number of hydrogen-bond acceptors (Lipinski definition) is 3. The number of alkyl halides is 2. The zero-order valence-electron chi connectivity index (χ0n) is 11.4. The maximum Gasteiger partial charge on any atom is 0.257 e. The third-order valence-electron chi connectivity index (χ3n) is 4.22. The fraction of sp³-hybridized carbons (Fsp3) is 0.643. The zero-order valence-corrected chi connectivity index (χ0v) is 11.4. The summed E-state index contributed by atoms with van der Waals surface area (Å²) >= 11 is 0. The van der Waals surface area contributed by atoms with E-state index in [-0.39, 0.29) is 18.7 Å². The molecule has 1 aromatic rings. The molecule has 1 saturated carbocycles. The molecule has 1 aliphatic carbocycles. The van der Waals surface area contributed by atoms with Gasteiger partial charge in [0.15, 0.2) is 0 Å². The Balaban J connectivity index is 1.70. The monoisotopic (exact) mass is 281 g/mol. The molecule has 1 amide bonds. The highest BCUT2D eigenvalue weighted by Crippen LogP contribution is 2.55. The lowest BCUT2D eigenvalue weighted by atomic mass is 9.65. The molecule has 0 bridgehead atoms. The first-order valence-corrected chi connectivity index (χ1v) is 6.96. The van der Waals surface area contributed by atoms with Crippen LogP contribution in [-0.2, 0) is 6.42 Å². The molecule has 3 rings (SSSR count). The van der Waals surface area contributed by atoms with E-state index in [9.17, 15) is 13.6 Å². The van der Waals surface area contributed by atoms with Crippen LogP contribution < -0.4 is 0 Å². The molecule has 1 saturated heterocycles. The molecule has 0 atom stereocenters. The molecule has 20 heavy (non-hydrogen) atoms. The van der Waals surface area contributed by atoms with Gasteiger partial charge in [-0.1, -0.05) is 6.92 Å². The molecule has 2 heterocycles. The first-order valence-electron chi connectivity index (χ1n) is 6.96. The Labute approximate surface area is 116 Å². The van der Waals surface area contributed by atoms with Crippen molar-refractivity contribution in [1.29, 1.82) is 0 Å². The number of aromatic nitrogens is 2. The van der Waals surface area contributed by atoms with Crippen LogP contribution >= 0.6 is 0 Å². The largest absolute Gasteiger partial charge is 0.332 e. The molecule has 0 N–H and O–H groups in total. The number of amides is 1. The van der Waals surface area contributed by atoms with Crippen LogP contribution in [0.4, 0.5) is 8.78 Å². The third-order valence-corrected chi connectivity index (χ3v) is 4.22. The van der Waals surface area contributed by atoms with Crippen molar-refractivity contribution in [3.63, 3.8) is 0 Å². The first kappa shape index (κ1) is 13.4. The summed E-state index contributed by atoms with van der Waals surface area (Å²) in [5.74, 6) is -2.13. The van der Waals surface area contributed by atoms with Crippen LogP contribution in [0.3, 0.4) is 0 Å². The van der Waals surface area contributed by atoms with Crippen LogP contribution in [0.5, 0.6) is 0 Å². The van der Waals surface area contributed by atoms with Crippen LogP contribution in [0, 0.1) is 0 Å². The van der Waals surface area contributed by atoms with Gasteiger partial charge in [0.2, 0.25) is 0 Å². The molecule has 2 fully saturated rings. The Hall–Kier alpha value is -1.59. The van der Waals surface area contributed by atoms with Crippen LogP contribution in [0.25, 0.3) is 0 Å². The minimum atomic E-state index is -2.61. The van der Waals surface area contributed by atoms with Crippen LogP contribution in [0.15, 0.2) is 12.4 Å². The number of aryl methyl sites for hydroxylation is 1. The maximum atomic E-state index is 13.1. The number of nitrogens with zero attached hydrogens (tertiary/aromatic N) is 3. The van der Waals surface area contributed by atoms with Gasteiger partial charge in [-0.25, -0.2) is 18.7 Å². The molecule has 0 radical (unpaired) electrons. The van der Waals surface area contributed by atoms with Gasteiger partial charge in [0, 0.05) is 38.2 Å². The summed E-state index contributed by atoms with van der Waals surface area (Å²) in [6, 6.07) is 0. The lowest BCUT2D eigenvalue weighted by molar-refractivity contribution is -0.198. The number of carbonyl (C=O) groups excluding carboxylic acids is 1. The van der Waals surface area contributed by atoms with E-state index in [1.54, 1.807) is 4.90 Å². The van der Waals surface area contributed by atoms with Crippen molar-refractivity contribution in [3.8, 4) is 0 Å². The van der Waals surface area contributed by atoms with Crippen LogP contribution in [0.1, 0.15) is 48.8 Å². The van der Waals surface area contributed by atoms with Gasteiger partial charge in [-0.3, -0.25) is 4.79 Å². The van der Waals surface area contributed by atoms with Gasteiger partial charge >= 0.3 is 0 Å². The van der Waals surface area contributed by atoms with E-state index in [0.29, 0.717) is 24.4 Å². The van der Waals surface area contributed by atoms with E-state index in [1.807, 2.05) is 6.92 Å². The normalized spacial score (nSPS) is 22.2. The predicted octanol–water partition coefficient (Wildman–Crippen LogP) is 2.44. The second kappa shape index (κ2) is 4.46. The molecular weight excluding hydrogens is 264 g/mol. The molecule has 1 aliphatic heterocycles. The highest BCUT2D eigenvalue weighted by molar-refractivity contribution is 5.94. The molecule has 2 aliphatic rings. The summed E-state index contributed by atoms with van der Waals surface area (Å²) in [5.41, 5.74) is -0.220. The second-order valence-corrected chi connectivity index (χ2v) is 5.78. The Morgan fingerprint density at radius 3 is 2.45 bits per heavy atom. The average Bonchev–Trinajstić information content (AvgIpc) is 2.35. The summed E-state index contributed by atoms with van der Waals surface area (Å²) in [5, 5.41) is 0. The highest BCUT2D eigenvalue weighted by atomic mass is 19.3. The van der Waals surface area contributed by atoms with Gasteiger partial charge in [0.25, 0.3) is 11.8 Å². The second-order valence-electron chi connectivity index (χ2n) is 5.78. The quantitative estimate of drug-likeness (QED) is 0.855. The molecule has 0 aromatic carbocycles. The van der Waals surface area contributed by atoms with Crippen molar-refractivity contribution < 1.29 is 13.6 Å². The number of carbonyl (C=O) groups is 1. The Kier molecular flexibility index (Phi) is 2.99. The summed E-state index contributed by atoms with van der Waals surface area (Å²) < 4.78 is 26.1. The zero-order chi connectivity index (χ0) is 14.4. The third kappa shape index (κ3) is 2.07. The fourth-order valence-corrected chi connectivity index (χ4v) is 3.11. The minimum Gasteiger partial charge on any atom is -0.332 e. The van der Waals surface area contributed by atoms with Crippen molar-refractivity contribution in [3.05, 3.63) is 23.8 Å². The smallest absolute Gasteiger partial charge is 0.257 e. The van der Waals surface area contributed by atoms with E-state index < -0.39 is 11.5 Å². The van der Waals surface area contributed by atoms with E-state index in [2.05, 4.69) is 9.97 Å². The Morgan fingerprint density at radius 1 is 1.35 bits per heavy atom. The number of likely N-dealkylation sites (tertiary alicyclic amines) is 1. The number of rotatable bonds is 3. The lowest BCUT2D eigenvalue weighted by Crippen LogP contribution is -2.71. The van der Waals surface area contributed by atoms with Gasteiger partial charge < -0.3 is 4.90 Å². The van der Waals surface area contributed by atoms with Crippen molar-refractivity contribution in [2.75, 3.05) is 6.54 Å². The molecule has 1 spiro atoms. The maximum absolute atomic E-state index is 13.1. The summed E-state index contributed by atoms with van der Waals surface area (Å²) in [7, 11) is 0. The van der Waals surface area contributed by atoms with Crippen LogP contribution in [0.2, 0.25) is 0 Å². The van der Waals surface area contributed by atoms with Crippen molar-refractivity contribution in [2.45, 2.75) is 50.5 Å². The Bertz CT molecular complexity index is 522. The summed E-state index contributed by atoms with van der Waals surface area (Å²) in [4.78, 5) is 22.2. The van der Waals surface area contributed by atoms with Gasteiger partial charge in [-0.2, -0.15) is 0 Å². The topological polar surface area (TPSA) is 46.1 Å². The van der Waals surface area contributed by atoms with E-state index in [1.165, 1.54) is 12.4 Å². The Morgan fingerprint density at radius 2 is 2.00 bits per heavy atom. The number of halogens is 2. The van der Waals surface area contributed by atoms with Gasteiger partial charge in [-0.15, -0.1) is 0 Å². The highest BCUT2D eigenvalue weighted by Gasteiger charge is 2.64. The van der Waals surface area contributed by atoms with E-state index in [0.717, 1.165) is 12.8 Å². The minimum absolute atomic E-state index is 0.208. The van der Waals surface area contributed by atoms with Gasteiger partial charge in [0.05, 0.1) is 11.1 Å². The molecule has 108 valence electrons. The van der Waals surface area contributed by atoms with Crippen molar-refractivity contribution in [1.82, 2.24) is 14.9 Å². The molecule has 0 unspecified atom stereocenters. The van der Waals surface area contributed by atoms with Crippen molar-refractivity contribution >= 4 is 5.91 Å². The molecule has 4 nitrogen and oxygen atoms in total. The van der Waals surface area contributed by atoms with Gasteiger partial charge in [-0.05, 0) is 12.8 Å². The summed E-state index contributed by atoms with van der Waals surface area (Å²) in [6.07, 6.45) is 4.97. The van der Waals surface area contributed by atoms with Crippen molar-refractivity contribution in [2.24, 2.45) is 0 Å². The molecule has 6 heteroatoms. The molecular formula is C14H17F2N3O. The first-order chi connectivity index (χ1) is 9.46. The predicted molar refractivity (Wildman–Crippen MR) is 68.6 cm³/mol. The number of hydrogen-bond donors (Lipinski definition) is 0. The van der Waals surface area contributed by atoms with Crippen LogP contribution in [-0.4, -0.2) is 38.8 Å². The van der Waals surface area contributed by atoms with E-state index >= 15 is 0 Å². The lowest BCUT2D eigenvalue weighted by Gasteiger charge is -2.60. The van der Waals surface area contributed by atoms with Gasteiger partial charge in [0.1, 0.15) is 5.82 Å².